The molecule has 4 heteroatoms. The van der Waals surface area contributed by atoms with Crippen molar-refractivity contribution in [2.45, 2.75) is 45.4 Å². The van der Waals surface area contributed by atoms with Crippen molar-refractivity contribution in [2.75, 3.05) is 13.1 Å². The highest BCUT2D eigenvalue weighted by Gasteiger charge is 2.26. The summed E-state index contributed by atoms with van der Waals surface area (Å²) in [6, 6.07) is 0.0984. The van der Waals surface area contributed by atoms with Gasteiger partial charge in [-0.05, 0) is 20.8 Å². The number of rotatable bonds is 3. The molecule has 1 rings (SSSR count). The van der Waals surface area contributed by atoms with Gasteiger partial charge >= 0.3 is 5.97 Å². The molecular weight excluding hydrogens is 182 g/mol. The van der Waals surface area contributed by atoms with Crippen LogP contribution in [-0.2, 0) is 9.53 Å². The fourth-order valence-corrected chi connectivity index (χ4v) is 1.96. The summed E-state index contributed by atoms with van der Waals surface area (Å²) >= 11 is 0. The van der Waals surface area contributed by atoms with Gasteiger partial charge in [0.15, 0.2) is 0 Å². The molecule has 0 saturated carbocycles. The van der Waals surface area contributed by atoms with Crippen LogP contribution in [0.25, 0.3) is 0 Å². The van der Waals surface area contributed by atoms with E-state index in [2.05, 4.69) is 4.90 Å². The van der Waals surface area contributed by atoms with E-state index in [0.717, 1.165) is 13.1 Å². The van der Waals surface area contributed by atoms with E-state index in [9.17, 15) is 4.79 Å². The van der Waals surface area contributed by atoms with Gasteiger partial charge in [-0.3, -0.25) is 9.69 Å². The quantitative estimate of drug-likeness (QED) is 0.739. The number of carboxylic acids is 1. The van der Waals surface area contributed by atoms with Gasteiger partial charge in [0.25, 0.3) is 0 Å². The highest BCUT2D eigenvalue weighted by atomic mass is 16.5. The second kappa shape index (κ2) is 4.75. The van der Waals surface area contributed by atoms with Crippen LogP contribution < -0.4 is 0 Å². The second-order valence-electron chi connectivity index (χ2n) is 4.16. The summed E-state index contributed by atoms with van der Waals surface area (Å²) in [5.41, 5.74) is 0. The zero-order chi connectivity index (χ0) is 10.7. The average Bonchev–Trinajstić information content (AvgIpc) is 2.00. The maximum absolute atomic E-state index is 10.6. The Hall–Kier alpha value is -0.610. The number of carboxylic acid groups (broad SMARTS) is 1. The van der Waals surface area contributed by atoms with Crippen LogP contribution in [0.2, 0.25) is 0 Å². The molecule has 1 aliphatic heterocycles. The summed E-state index contributed by atoms with van der Waals surface area (Å²) in [5.74, 6) is -0.732. The van der Waals surface area contributed by atoms with E-state index in [1.807, 2.05) is 20.8 Å². The zero-order valence-electron chi connectivity index (χ0n) is 9.06. The number of morpholine rings is 1. The molecule has 0 aliphatic carbocycles. The molecule has 1 unspecified atom stereocenters. The van der Waals surface area contributed by atoms with Crippen molar-refractivity contribution >= 4 is 5.97 Å². The van der Waals surface area contributed by atoms with E-state index in [0.29, 0.717) is 0 Å². The van der Waals surface area contributed by atoms with Crippen molar-refractivity contribution in [1.29, 1.82) is 0 Å². The number of hydrogen-bond donors (Lipinski definition) is 1. The molecule has 1 fully saturated rings. The van der Waals surface area contributed by atoms with Crippen LogP contribution in [0.1, 0.15) is 27.2 Å². The first-order valence-corrected chi connectivity index (χ1v) is 5.10. The van der Waals surface area contributed by atoms with E-state index in [-0.39, 0.29) is 24.7 Å². The van der Waals surface area contributed by atoms with Gasteiger partial charge < -0.3 is 9.84 Å². The third kappa shape index (κ3) is 3.27. The Morgan fingerprint density at radius 2 is 2.00 bits per heavy atom. The molecule has 82 valence electrons. The summed E-state index contributed by atoms with van der Waals surface area (Å²) in [4.78, 5) is 12.7. The first kappa shape index (κ1) is 11.5. The van der Waals surface area contributed by atoms with Crippen molar-refractivity contribution in [3.8, 4) is 0 Å². The van der Waals surface area contributed by atoms with Crippen molar-refractivity contribution < 1.29 is 14.6 Å². The Balaban J connectivity index is 2.46. The lowest BCUT2D eigenvalue weighted by molar-refractivity contribution is -0.140. The number of carbonyl (C=O) groups is 1. The van der Waals surface area contributed by atoms with Crippen LogP contribution in [0.4, 0.5) is 0 Å². The Morgan fingerprint density at radius 1 is 1.50 bits per heavy atom. The monoisotopic (exact) mass is 201 g/mol. The second-order valence-corrected chi connectivity index (χ2v) is 4.16. The molecule has 14 heavy (non-hydrogen) atoms. The van der Waals surface area contributed by atoms with E-state index in [1.54, 1.807) is 0 Å². The van der Waals surface area contributed by atoms with E-state index in [1.165, 1.54) is 0 Å². The molecule has 1 heterocycles. The molecule has 0 aromatic heterocycles. The smallest absolute Gasteiger partial charge is 0.304 e. The van der Waals surface area contributed by atoms with Gasteiger partial charge in [0.2, 0.25) is 0 Å². The molecule has 1 N–H and O–H groups in total. The lowest BCUT2D eigenvalue weighted by Crippen LogP contribution is -2.49. The van der Waals surface area contributed by atoms with Gasteiger partial charge in [-0.25, -0.2) is 0 Å². The van der Waals surface area contributed by atoms with Gasteiger partial charge in [-0.1, -0.05) is 0 Å². The van der Waals surface area contributed by atoms with Crippen LogP contribution in [-0.4, -0.2) is 47.3 Å². The minimum atomic E-state index is -0.732. The van der Waals surface area contributed by atoms with Gasteiger partial charge in [0.05, 0.1) is 18.6 Å². The fraction of sp³-hybridized carbons (Fsp3) is 0.900. The molecule has 1 saturated heterocycles. The molecule has 0 aromatic carbocycles. The predicted molar refractivity (Wildman–Crippen MR) is 53.3 cm³/mol. The molecule has 0 radical (unpaired) electrons. The van der Waals surface area contributed by atoms with Gasteiger partial charge in [-0.2, -0.15) is 0 Å². The average molecular weight is 201 g/mol. The Labute approximate surface area is 84.8 Å². The van der Waals surface area contributed by atoms with Crippen LogP contribution in [0.5, 0.6) is 0 Å². The Morgan fingerprint density at radius 3 is 2.43 bits per heavy atom. The third-order valence-electron chi connectivity index (χ3n) is 2.54. The van der Waals surface area contributed by atoms with Crippen LogP contribution in [0.3, 0.4) is 0 Å². The SMILES string of the molecule is CC(CC(=O)O)N1C[C@@H](C)O[C@@H](C)C1. The van der Waals surface area contributed by atoms with Crippen molar-refractivity contribution in [3.63, 3.8) is 0 Å². The first-order valence-electron chi connectivity index (χ1n) is 5.10. The molecule has 1 aliphatic rings. The highest BCUT2D eigenvalue weighted by molar-refractivity contribution is 5.67. The van der Waals surface area contributed by atoms with Crippen LogP contribution in [0.15, 0.2) is 0 Å². The molecule has 3 atom stereocenters. The standard InChI is InChI=1S/C10H19NO3/c1-7(4-10(12)13)11-5-8(2)14-9(3)6-11/h7-9H,4-6H2,1-3H3,(H,12,13)/t7?,8-,9+. The molecule has 0 amide bonds. The number of ether oxygens (including phenoxy) is 1. The van der Waals surface area contributed by atoms with Gasteiger partial charge in [0, 0.05) is 19.1 Å². The molecule has 0 bridgehead atoms. The minimum Gasteiger partial charge on any atom is -0.481 e. The predicted octanol–water partition coefficient (Wildman–Crippen LogP) is 0.959. The summed E-state index contributed by atoms with van der Waals surface area (Å²) in [6.07, 6.45) is 0.615. The highest BCUT2D eigenvalue weighted by Crippen LogP contribution is 2.14. The fourth-order valence-electron chi connectivity index (χ4n) is 1.96. The Bertz CT molecular complexity index is 198. The Kier molecular flexibility index (Phi) is 3.89. The summed E-state index contributed by atoms with van der Waals surface area (Å²) in [5, 5.41) is 8.69. The molecule has 0 spiro atoms. The van der Waals surface area contributed by atoms with Gasteiger partial charge in [-0.15, -0.1) is 0 Å². The normalized spacial score (nSPS) is 31.4. The van der Waals surface area contributed by atoms with Gasteiger partial charge in [0.1, 0.15) is 0 Å². The van der Waals surface area contributed by atoms with Crippen molar-refractivity contribution in [2.24, 2.45) is 0 Å². The molecule has 4 nitrogen and oxygen atoms in total. The van der Waals surface area contributed by atoms with E-state index >= 15 is 0 Å². The van der Waals surface area contributed by atoms with Crippen LogP contribution in [0, 0.1) is 0 Å². The lowest BCUT2D eigenvalue weighted by atomic mass is 10.1. The first-order chi connectivity index (χ1) is 6.49. The maximum atomic E-state index is 10.6. The number of nitrogens with zero attached hydrogens (tertiary/aromatic N) is 1. The number of aliphatic carboxylic acids is 1. The minimum absolute atomic E-state index is 0.0984. The third-order valence-corrected chi connectivity index (χ3v) is 2.54. The summed E-state index contributed by atoms with van der Waals surface area (Å²) in [6.45, 7) is 7.67. The maximum Gasteiger partial charge on any atom is 0.304 e. The largest absolute Gasteiger partial charge is 0.481 e. The molecular formula is C10H19NO3. The molecule has 0 aromatic rings. The summed E-state index contributed by atoms with van der Waals surface area (Å²) < 4.78 is 5.58. The number of hydrogen-bond acceptors (Lipinski definition) is 3. The van der Waals surface area contributed by atoms with Crippen molar-refractivity contribution in [1.82, 2.24) is 4.90 Å². The lowest BCUT2D eigenvalue weighted by Gasteiger charge is -2.38. The summed E-state index contributed by atoms with van der Waals surface area (Å²) in [7, 11) is 0. The zero-order valence-corrected chi connectivity index (χ0v) is 9.06. The van der Waals surface area contributed by atoms with E-state index in [4.69, 9.17) is 9.84 Å². The van der Waals surface area contributed by atoms with Crippen LogP contribution >= 0.6 is 0 Å². The van der Waals surface area contributed by atoms with E-state index < -0.39 is 5.97 Å². The van der Waals surface area contributed by atoms with Crippen molar-refractivity contribution in [3.05, 3.63) is 0 Å². The topological polar surface area (TPSA) is 49.8 Å².